The number of carboxylic acids is 1. The van der Waals surface area contributed by atoms with Crippen molar-refractivity contribution in [2.45, 2.75) is 0 Å². The minimum absolute atomic E-state index is 0.252. The van der Waals surface area contributed by atoms with Crippen molar-refractivity contribution in [1.82, 2.24) is 19.2 Å². The van der Waals surface area contributed by atoms with Crippen molar-refractivity contribution in [3.05, 3.63) is 54.1 Å². The van der Waals surface area contributed by atoms with Crippen LogP contribution in [0.2, 0.25) is 0 Å². The Morgan fingerprint density at radius 2 is 1.68 bits per heavy atom. The summed E-state index contributed by atoms with van der Waals surface area (Å²) in [7, 11) is 1.95. The predicted molar refractivity (Wildman–Crippen MR) is 81.9 cm³/mol. The zero-order valence-electron chi connectivity index (χ0n) is 11.8. The van der Waals surface area contributed by atoms with Gasteiger partial charge in [-0.2, -0.15) is 0 Å². The molecule has 4 aromatic rings. The maximum atomic E-state index is 11.0. The summed E-state index contributed by atoms with van der Waals surface area (Å²) in [6, 6.07) is 14.6. The molecule has 2 heterocycles. The first-order valence-electron chi connectivity index (χ1n) is 6.79. The van der Waals surface area contributed by atoms with E-state index in [9.17, 15) is 4.79 Å². The van der Waals surface area contributed by atoms with Crippen LogP contribution in [-0.2, 0) is 7.05 Å². The van der Waals surface area contributed by atoms with E-state index in [0.717, 1.165) is 22.4 Å². The number of nitrogens with zero attached hydrogens (tertiary/aromatic N) is 4. The Bertz CT molecular complexity index is 1010. The number of hydrogen-bond acceptors (Lipinski definition) is 3. The first-order valence-corrected chi connectivity index (χ1v) is 6.79. The molecule has 0 fully saturated rings. The third-order valence-electron chi connectivity index (χ3n) is 3.82. The van der Waals surface area contributed by atoms with E-state index in [4.69, 9.17) is 5.11 Å². The zero-order valence-corrected chi connectivity index (χ0v) is 11.8. The van der Waals surface area contributed by atoms with Gasteiger partial charge in [-0.3, -0.25) is 4.40 Å². The molecular weight excluding hydrogens is 280 g/mol. The summed E-state index contributed by atoms with van der Waals surface area (Å²) in [6.07, 6.45) is 0. The number of aromatic nitrogens is 4. The lowest BCUT2D eigenvalue weighted by Crippen LogP contribution is -1.96. The first kappa shape index (κ1) is 12.6. The van der Waals surface area contributed by atoms with Crippen LogP contribution >= 0.6 is 0 Å². The molecule has 0 bridgehead atoms. The number of carbonyl (C=O) groups is 1. The third-order valence-corrected chi connectivity index (χ3v) is 3.82. The van der Waals surface area contributed by atoms with E-state index in [2.05, 4.69) is 10.2 Å². The summed E-state index contributed by atoms with van der Waals surface area (Å²) in [5.41, 5.74) is 3.16. The monoisotopic (exact) mass is 292 g/mol. The summed E-state index contributed by atoms with van der Waals surface area (Å²) in [4.78, 5) is 11.0. The highest BCUT2D eigenvalue weighted by Gasteiger charge is 2.15. The van der Waals surface area contributed by atoms with Gasteiger partial charge in [0, 0.05) is 12.6 Å². The van der Waals surface area contributed by atoms with Crippen molar-refractivity contribution < 1.29 is 9.90 Å². The van der Waals surface area contributed by atoms with Gasteiger partial charge < -0.3 is 9.67 Å². The molecule has 0 saturated heterocycles. The van der Waals surface area contributed by atoms with E-state index < -0.39 is 5.97 Å². The van der Waals surface area contributed by atoms with Crippen molar-refractivity contribution in [2.24, 2.45) is 7.05 Å². The summed E-state index contributed by atoms with van der Waals surface area (Å²) < 4.78 is 3.96. The van der Waals surface area contributed by atoms with Crippen LogP contribution in [-0.4, -0.2) is 30.2 Å². The predicted octanol–water partition coefficient (Wildman–Crippen LogP) is 2.59. The number of imidazole rings is 1. The Labute approximate surface area is 125 Å². The maximum absolute atomic E-state index is 11.0. The highest BCUT2D eigenvalue weighted by Crippen LogP contribution is 2.25. The highest BCUT2D eigenvalue weighted by molar-refractivity contribution is 5.88. The molecule has 0 aliphatic carbocycles. The van der Waals surface area contributed by atoms with Crippen LogP contribution in [0.3, 0.4) is 0 Å². The van der Waals surface area contributed by atoms with Gasteiger partial charge in [-0.25, -0.2) is 4.79 Å². The number of rotatable bonds is 2. The molecule has 2 aromatic carbocycles. The molecule has 0 aliphatic rings. The summed E-state index contributed by atoms with van der Waals surface area (Å²) in [5.74, 6) is 0.505. The van der Waals surface area contributed by atoms with Gasteiger partial charge in [-0.15, -0.1) is 10.2 Å². The zero-order chi connectivity index (χ0) is 15.3. The number of hydrogen-bond donors (Lipinski definition) is 1. The Morgan fingerprint density at radius 3 is 2.36 bits per heavy atom. The second-order valence-electron chi connectivity index (χ2n) is 5.09. The second kappa shape index (κ2) is 4.42. The molecule has 6 nitrogen and oxygen atoms in total. The Balaban J connectivity index is 1.99. The summed E-state index contributed by atoms with van der Waals surface area (Å²) in [5, 5.41) is 17.5. The maximum Gasteiger partial charge on any atom is 0.335 e. The highest BCUT2D eigenvalue weighted by atomic mass is 16.4. The van der Waals surface area contributed by atoms with E-state index in [-0.39, 0.29) is 5.56 Å². The van der Waals surface area contributed by atoms with Crippen LogP contribution in [0.15, 0.2) is 48.5 Å². The van der Waals surface area contributed by atoms with Crippen molar-refractivity contribution in [1.29, 1.82) is 0 Å². The van der Waals surface area contributed by atoms with E-state index in [1.165, 1.54) is 0 Å². The number of carboxylic acid groups (broad SMARTS) is 1. The largest absolute Gasteiger partial charge is 0.478 e. The number of aryl methyl sites for hydroxylation is 1. The molecular formula is C16H12N4O2. The molecule has 22 heavy (non-hydrogen) atoms. The van der Waals surface area contributed by atoms with Crippen LogP contribution in [0.5, 0.6) is 0 Å². The van der Waals surface area contributed by atoms with Crippen LogP contribution in [0.1, 0.15) is 10.4 Å². The molecule has 0 aliphatic heterocycles. The van der Waals surface area contributed by atoms with Crippen molar-refractivity contribution in [3.63, 3.8) is 0 Å². The SMILES string of the molecule is Cn1c2ccccc2n2c(-c3ccc(C(=O)O)cc3)nnc12. The summed E-state index contributed by atoms with van der Waals surface area (Å²) >= 11 is 0. The molecule has 4 rings (SSSR count). The summed E-state index contributed by atoms with van der Waals surface area (Å²) in [6.45, 7) is 0. The molecule has 0 spiro atoms. The van der Waals surface area contributed by atoms with Crippen LogP contribution in [0.4, 0.5) is 0 Å². The molecule has 0 unspecified atom stereocenters. The molecule has 108 valence electrons. The molecule has 2 aromatic heterocycles. The van der Waals surface area contributed by atoms with Gasteiger partial charge in [-0.05, 0) is 24.3 Å². The normalized spacial score (nSPS) is 11.3. The van der Waals surface area contributed by atoms with Crippen LogP contribution in [0.25, 0.3) is 28.2 Å². The average Bonchev–Trinajstić information content (AvgIpc) is 3.09. The van der Waals surface area contributed by atoms with Crippen molar-refractivity contribution in [2.75, 3.05) is 0 Å². The van der Waals surface area contributed by atoms with E-state index in [0.29, 0.717) is 5.82 Å². The Hall–Kier alpha value is -3.15. The molecule has 0 radical (unpaired) electrons. The lowest BCUT2D eigenvalue weighted by atomic mass is 10.1. The standard InChI is InChI=1S/C16H12N4O2/c1-19-12-4-2-3-5-13(12)20-14(17-18-16(19)20)10-6-8-11(9-7-10)15(21)22/h2-9H,1H3,(H,21,22). The topological polar surface area (TPSA) is 72.4 Å². The minimum Gasteiger partial charge on any atom is -0.478 e. The van der Waals surface area contributed by atoms with Gasteiger partial charge in [-0.1, -0.05) is 24.3 Å². The van der Waals surface area contributed by atoms with Gasteiger partial charge in [0.05, 0.1) is 16.6 Å². The lowest BCUT2D eigenvalue weighted by molar-refractivity contribution is 0.0697. The third kappa shape index (κ3) is 1.64. The average molecular weight is 292 g/mol. The lowest BCUT2D eigenvalue weighted by Gasteiger charge is -2.00. The number of para-hydroxylation sites is 2. The van der Waals surface area contributed by atoms with Crippen LogP contribution < -0.4 is 0 Å². The van der Waals surface area contributed by atoms with Gasteiger partial charge in [0.25, 0.3) is 0 Å². The van der Waals surface area contributed by atoms with Gasteiger partial charge >= 0.3 is 5.97 Å². The first-order chi connectivity index (χ1) is 10.7. The second-order valence-corrected chi connectivity index (χ2v) is 5.09. The fourth-order valence-corrected chi connectivity index (χ4v) is 2.71. The van der Waals surface area contributed by atoms with Gasteiger partial charge in [0.2, 0.25) is 5.78 Å². The van der Waals surface area contributed by atoms with Gasteiger partial charge in [0.1, 0.15) is 0 Å². The fraction of sp³-hybridized carbons (Fsp3) is 0.0625. The minimum atomic E-state index is -0.942. The molecule has 1 N–H and O–H groups in total. The van der Waals surface area contributed by atoms with E-state index in [1.807, 2.05) is 40.3 Å². The van der Waals surface area contributed by atoms with Crippen LogP contribution in [0, 0.1) is 0 Å². The Kier molecular flexibility index (Phi) is 2.53. The molecule has 6 heteroatoms. The quantitative estimate of drug-likeness (QED) is 0.616. The van der Waals surface area contributed by atoms with E-state index in [1.54, 1.807) is 24.3 Å². The number of aromatic carboxylic acids is 1. The fourth-order valence-electron chi connectivity index (χ4n) is 2.71. The molecule has 0 saturated carbocycles. The van der Waals surface area contributed by atoms with Gasteiger partial charge in [0.15, 0.2) is 5.82 Å². The molecule has 0 atom stereocenters. The molecule has 0 amide bonds. The number of benzene rings is 2. The van der Waals surface area contributed by atoms with E-state index >= 15 is 0 Å². The Morgan fingerprint density at radius 1 is 1.00 bits per heavy atom. The van der Waals surface area contributed by atoms with Crippen molar-refractivity contribution in [3.8, 4) is 11.4 Å². The van der Waals surface area contributed by atoms with Crippen molar-refractivity contribution >= 4 is 22.8 Å². The smallest absolute Gasteiger partial charge is 0.335 e. The number of fused-ring (bicyclic) bond motifs is 3.